The van der Waals surface area contributed by atoms with E-state index < -0.39 is 18.0 Å². The fourth-order valence-corrected chi connectivity index (χ4v) is 2.05. The van der Waals surface area contributed by atoms with E-state index in [-0.39, 0.29) is 5.75 Å². The molecule has 0 aliphatic heterocycles. The van der Waals surface area contributed by atoms with Crippen LogP contribution in [0, 0.1) is 0 Å². The fourth-order valence-electron chi connectivity index (χ4n) is 2.05. The Morgan fingerprint density at radius 2 is 1.73 bits per heavy atom. The minimum absolute atomic E-state index is 0.260. The van der Waals surface area contributed by atoms with Gasteiger partial charge in [0.1, 0.15) is 5.75 Å². The van der Waals surface area contributed by atoms with Crippen LogP contribution >= 0.6 is 0 Å². The average Bonchev–Trinajstić information content (AvgIpc) is 2.67. The highest BCUT2D eigenvalue weighted by atomic mass is 16.6. The lowest BCUT2D eigenvalue weighted by atomic mass is 10.2. The third-order valence-corrected chi connectivity index (χ3v) is 3.40. The summed E-state index contributed by atoms with van der Waals surface area (Å²) in [5.74, 6) is 0.178. The van der Waals surface area contributed by atoms with Crippen molar-refractivity contribution in [3.05, 3.63) is 60.2 Å². The van der Waals surface area contributed by atoms with Crippen LogP contribution in [0.5, 0.6) is 17.2 Å². The summed E-state index contributed by atoms with van der Waals surface area (Å²) in [6, 6.07) is 13.9. The molecule has 2 aromatic carbocycles. The Morgan fingerprint density at radius 3 is 2.38 bits per heavy atom. The number of ether oxygens (including phenoxy) is 4. The van der Waals surface area contributed by atoms with Crippen molar-refractivity contribution in [1.29, 1.82) is 0 Å². The molecule has 0 aliphatic rings. The molecule has 0 saturated heterocycles. The first-order chi connectivity index (χ1) is 12.5. The van der Waals surface area contributed by atoms with E-state index in [0.717, 1.165) is 0 Å². The largest absolute Gasteiger partial charge is 0.493 e. The number of esters is 2. The third-order valence-electron chi connectivity index (χ3n) is 3.40. The van der Waals surface area contributed by atoms with Crippen LogP contribution in [0.15, 0.2) is 54.6 Å². The molecule has 2 aromatic rings. The van der Waals surface area contributed by atoms with Crippen LogP contribution in [-0.4, -0.2) is 32.3 Å². The maximum absolute atomic E-state index is 12.2. The Labute approximate surface area is 151 Å². The Hall–Kier alpha value is -3.28. The summed E-state index contributed by atoms with van der Waals surface area (Å²) in [6.45, 7) is 1.61. The summed E-state index contributed by atoms with van der Waals surface area (Å²) >= 11 is 0. The number of hydrogen-bond acceptors (Lipinski definition) is 6. The molecule has 2 rings (SSSR count). The molecule has 0 fully saturated rings. The molecule has 0 saturated carbocycles. The van der Waals surface area contributed by atoms with Crippen molar-refractivity contribution >= 4 is 18.0 Å². The van der Waals surface area contributed by atoms with E-state index in [9.17, 15) is 9.59 Å². The van der Waals surface area contributed by atoms with Crippen molar-refractivity contribution in [1.82, 2.24) is 0 Å². The summed E-state index contributed by atoms with van der Waals surface area (Å²) in [5.41, 5.74) is 0.695. The molecule has 0 N–H and O–H groups in total. The topological polar surface area (TPSA) is 71.1 Å². The molecule has 0 radical (unpaired) electrons. The van der Waals surface area contributed by atoms with Crippen LogP contribution in [-0.2, 0) is 14.3 Å². The predicted molar refractivity (Wildman–Crippen MR) is 96.2 cm³/mol. The SMILES string of the molecule is COC(=O)/C=C/c1ccc(OC(=O)C(C)Oc2ccccc2)c(OC)c1. The molecule has 26 heavy (non-hydrogen) atoms. The van der Waals surface area contributed by atoms with Gasteiger partial charge in [0.05, 0.1) is 14.2 Å². The van der Waals surface area contributed by atoms with Crippen molar-refractivity contribution in [3.63, 3.8) is 0 Å². The highest BCUT2D eigenvalue weighted by Gasteiger charge is 2.19. The van der Waals surface area contributed by atoms with Crippen LogP contribution in [0.25, 0.3) is 6.08 Å². The van der Waals surface area contributed by atoms with Crippen molar-refractivity contribution in [3.8, 4) is 17.2 Å². The van der Waals surface area contributed by atoms with Crippen LogP contribution in [0.3, 0.4) is 0 Å². The second kappa shape index (κ2) is 9.27. The fraction of sp³-hybridized carbons (Fsp3) is 0.200. The molecular weight excluding hydrogens is 336 g/mol. The Kier molecular flexibility index (Phi) is 6.79. The smallest absolute Gasteiger partial charge is 0.352 e. The third kappa shape index (κ3) is 5.37. The van der Waals surface area contributed by atoms with Crippen molar-refractivity contribution in [2.24, 2.45) is 0 Å². The number of carbonyl (C=O) groups excluding carboxylic acids is 2. The number of benzene rings is 2. The highest BCUT2D eigenvalue weighted by molar-refractivity contribution is 5.87. The monoisotopic (exact) mass is 356 g/mol. The van der Waals surface area contributed by atoms with Crippen LogP contribution in [0.1, 0.15) is 12.5 Å². The lowest BCUT2D eigenvalue weighted by molar-refractivity contribution is -0.141. The van der Waals surface area contributed by atoms with Gasteiger partial charge in [-0.3, -0.25) is 0 Å². The number of rotatable bonds is 7. The van der Waals surface area contributed by atoms with Gasteiger partial charge in [-0.05, 0) is 42.8 Å². The summed E-state index contributed by atoms with van der Waals surface area (Å²) in [5, 5.41) is 0. The molecule has 0 aliphatic carbocycles. The Bertz CT molecular complexity index is 782. The number of para-hydroxylation sites is 1. The molecular formula is C20H20O6. The molecule has 1 unspecified atom stereocenters. The van der Waals surface area contributed by atoms with E-state index in [1.807, 2.05) is 18.2 Å². The molecule has 6 heteroatoms. The van der Waals surface area contributed by atoms with E-state index in [1.54, 1.807) is 43.3 Å². The average molecular weight is 356 g/mol. The van der Waals surface area contributed by atoms with Gasteiger partial charge in [0.2, 0.25) is 0 Å². The summed E-state index contributed by atoms with van der Waals surface area (Å²) < 4.78 is 20.7. The minimum Gasteiger partial charge on any atom is -0.493 e. The van der Waals surface area contributed by atoms with E-state index in [1.165, 1.54) is 20.3 Å². The second-order valence-electron chi connectivity index (χ2n) is 5.26. The number of hydrogen-bond donors (Lipinski definition) is 0. The first-order valence-electron chi connectivity index (χ1n) is 7.91. The minimum atomic E-state index is -0.791. The van der Waals surface area contributed by atoms with Crippen molar-refractivity contribution < 1.29 is 28.5 Å². The van der Waals surface area contributed by atoms with Crippen molar-refractivity contribution in [2.75, 3.05) is 14.2 Å². The predicted octanol–water partition coefficient (Wildman–Crippen LogP) is 3.25. The molecule has 0 amide bonds. The quantitative estimate of drug-likeness (QED) is 0.431. The summed E-state index contributed by atoms with van der Waals surface area (Å²) in [7, 11) is 2.76. The molecule has 0 spiro atoms. The van der Waals surface area contributed by atoms with E-state index in [0.29, 0.717) is 17.1 Å². The standard InChI is InChI=1S/C20H20O6/c1-14(25-16-7-5-4-6-8-16)20(22)26-17-11-9-15(13-18(17)23-2)10-12-19(21)24-3/h4-14H,1-3H3/b12-10+. The zero-order chi connectivity index (χ0) is 18.9. The van der Waals surface area contributed by atoms with Crippen molar-refractivity contribution in [2.45, 2.75) is 13.0 Å². The van der Waals surface area contributed by atoms with Gasteiger partial charge in [0.25, 0.3) is 0 Å². The van der Waals surface area contributed by atoms with Gasteiger partial charge in [0.15, 0.2) is 17.6 Å². The van der Waals surface area contributed by atoms with Gasteiger partial charge in [0, 0.05) is 6.08 Å². The summed E-state index contributed by atoms with van der Waals surface area (Å²) in [6.07, 6.45) is 2.07. The van der Waals surface area contributed by atoms with Gasteiger partial charge >= 0.3 is 11.9 Å². The zero-order valence-electron chi connectivity index (χ0n) is 14.8. The zero-order valence-corrected chi connectivity index (χ0v) is 14.8. The highest BCUT2D eigenvalue weighted by Crippen LogP contribution is 2.29. The van der Waals surface area contributed by atoms with Crippen LogP contribution in [0.4, 0.5) is 0 Å². The van der Waals surface area contributed by atoms with Gasteiger partial charge in [-0.1, -0.05) is 24.3 Å². The van der Waals surface area contributed by atoms with Gasteiger partial charge in [-0.2, -0.15) is 0 Å². The molecule has 136 valence electrons. The Morgan fingerprint density at radius 1 is 1.00 bits per heavy atom. The van der Waals surface area contributed by atoms with E-state index >= 15 is 0 Å². The first-order valence-corrected chi connectivity index (χ1v) is 7.91. The van der Waals surface area contributed by atoms with E-state index in [2.05, 4.69) is 4.74 Å². The molecule has 1 atom stereocenters. The maximum atomic E-state index is 12.2. The van der Waals surface area contributed by atoms with Crippen LogP contribution in [0.2, 0.25) is 0 Å². The lowest BCUT2D eigenvalue weighted by Gasteiger charge is -2.15. The normalized spacial score (nSPS) is 11.7. The molecule has 6 nitrogen and oxygen atoms in total. The summed E-state index contributed by atoms with van der Waals surface area (Å²) in [4.78, 5) is 23.4. The number of methoxy groups -OCH3 is 2. The maximum Gasteiger partial charge on any atom is 0.352 e. The molecule has 0 aromatic heterocycles. The van der Waals surface area contributed by atoms with E-state index in [4.69, 9.17) is 14.2 Å². The van der Waals surface area contributed by atoms with Gasteiger partial charge in [-0.15, -0.1) is 0 Å². The first kappa shape index (κ1) is 19.1. The molecule has 0 bridgehead atoms. The number of carbonyl (C=O) groups is 2. The van der Waals surface area contributed by atoms with Crippen LogP contribution < -0.4 is 14.2 Å². The van der Waals surface area contributed by atoms with Gasteiger partial charge in [-0.25, -0.2) is 9.59 Å². The Balaban J connectivity index is 2.06. The molecule has 0 heterocycles. The van der Waals surface area contributed by atoms with Gasteiger partial charge < -0.3 is 18.9 Å². The second-order valence-corrected chi connectivity index (χ2v) is 5.26. The lowest BCUT2D eigenvalue weighted by Crippen LogP contribution is -2.28.